The Morgan fingerprint density at radius 2 is 1.81 bits per heavy atom. The predicted octanol–water partition coefficient (Wildman–Crippen LogP) is 4.74. The lowest BCUT2D eigenvalue weighted by Crippen LogP contribution is -2.05. The molecule has 5 heteroatoms. The standard InChI is InChI=1S/C21H20FNO3/c1-2-3-4-13-25-18-11-5-15(6-12-18)14-19-21(24)26-20(23-19)16-7-9-17(22)10-8-16/h5-12,14H,2-4,13H2,1H3/b19-14+. The van der Waals surface area contributed by atoms with Crippen molar-refractivity contribution in [1.82, 2.24) is 0 Å². The van der Waals surface area contributed by atoms with Crippen molar-refractivity contribution in [2.24, 2.45) is 4.99 Å². The summed E-state index contributed by atoms with van der Waals surface area (Å²) >= 11 is 0. The van der Waals surface area contributed by atoms with Gasteiger partial charge in [0.2, 0.25) is 5.90 Å². The minimum Gasteiger partial charge on any atom is -0.494 e. The third-order valence-corrected chi connectivity index (χ3v) is 3.91. The fourth-order valence-electron chi connectivity index (χ4n) is 2.49. The number of ether oxygens (including phenoxy) is 2. The number of hydrogen-bond donors (Lipinski definition) is 0. The lowest BCUT2D eigenvalue weighted by atomic mass is 10.2. The molecule has 2 aromatic carbocycles. The molecule has 26 heavy (non-hydrogen) atoms. The summed E-state index contributed by atoms with van der Waals surface area (Å²) in [6.45, 7) is 2.85. The number of benzene rings is 2. The average Bonchev–Trinajstić information content (AvgIpc) is 3.01. The molecular weight excluding hydrogens is 333 g/mol. The van der Waals surface area contributed by atoms with Gasteiger partial charge in [-0.25, -0.2) is 14.2 Å². The maximum Gasteiger partial charge on any atom is 0.363 e. The van der Waals surface area contributed by atoms with E-state index in [2.05, 4.69) is 11.9 Å². The molecule has 0 radical (unpaired) electrons. The molecule has 0 saturated carbocycles. The third-order valence-electron chi connectivity index (χ3n) is 3.91. The van der Waals surface area contributed by atoms with Gasteiger partial charge in [-0.2, -0.15) is 0 Å². The highest BCUT2D eigenvalue weighted by Crippen LogP contribution is 2.21. The molecule has 4 nitrogen and oxygen atoms in total. The van der Waals surface area contributed by atoms with E-state index < -0.39 is 5.97 Å². The fourth-order valence-corrected chi connectivity index (χ4v) is 2.49. The molecular formula is C21H20FNO3. The van der Waals surface area contributed by atoms with E-state index in [1.54, 1.807) is 6.08 Å². The molecule has 1 aliphatic rings. The summed E-state index contributed by atoms with van der Waals surface area (Å²) in [5.41, 5.74) is 1.59. The first-order valence-electron chi connectivity index (χ1n) is 8.67. The summed E-state index contributed by atoms with van der Waals surface area (Å²) in [6.07, 6.45) is 5.00. The van der Waals surface area contributed by atoms with Gasteiger partial charge in [-0.3, -0.25) is 0 Å². The monoisotopic (exact) mass is 353 g/mol. The van der Waals surface area contributed by atoms with Crippen molar-refractivity contribution in [3.05, 3.63) is 71.2 Å². The Bertz CT molecular complexity index is 823. The van der Waals surface area contributed by atoms with Crippen molar-refractivity contribution in [1.29, 1.82) is 0 Å². The number of nitrogens with zero attached hydrogens (tertiary/aromatic N) is 1. The molecule has 0 unspecified atom stereocenters. The summed E-state index contributed by atoms with van der Waals surface area (Å²) in [4.78, 5) is 16.2. The summed E-state index contributed by atoms with van der Waals surface area (Å²) in [7, 11) is 0. The normalized spacial score (nSPS) is 15.1. The second-order valence-corrected chi connectivity index (χ2v) is 5.97. The number of halogens is 1. The zero-order valence-corrected chi connectivity index (χ0v) is 14.6. The van der Waals surface area contributed by atoms with E-state index in [-0.39, 0.29) is 17.4 Å². The van der Waals surface area contributed by atoms with E-state index in [1.165, 1.54) is 24.3 Å². The SMILES string of the molecule is CCCCCOc1ccc(/C=C2/N=C(c3ccc(F)cc3)OC2=O)cc1. The van der Waals surface area contributed by atoms with Crippen LogP contribution in [0.15, 0.2) is 59.2 Å². The number of carbonyl (C=O) groups excluding carboxylic acids is 1. The first-order valence-corrected chi connectivity index (χ1v) is 8.67. The molecule has 0 amide bonds. The van der Waals surface area contributed by atoms with Gasteiger partial charge in [-0.15, -0.1) is 0 Å². The van der Waals surface area contributed by atoms with E-state index >= 15 is 0 Å². The predicted molar refractivity (Wildman–Crippen MR) is 98.5 cm³/mol. The molecule has 0 bridgehead atoms. The van der Waals surface area contributed by atoms with Crippen LogP contribution < -0.4 is 4.74 Å². The number of hydrogen-bond acceptors (Lipinski definition) is 4. The largest absolute Gasteiger partial charge is 0.494 e. The maximum atomic E-state index is 13.0. The first-order chi connectivity index (χ1) is 12.7. The molecule has 1 aliphatic heterocycles. The molecule has 0 spiro atoms. The molecule has 0 aliphatic carbocycles. The van der Waals surface area contributed by atoms with E-state index in [0.717, 1.165) is 30.6 Å². The Balaban J connectivity index is 1.68. The topological polar surface area (TPSA) is 47.9 Å². The van der Waals surface area contributed by atoms with Gasteiger partial charge < -0.3 is 9.47 Å². The van der Waals surface area contributed by atoms with Crippen LogP contribution in [-0.2, 0) is 9.53 Å². The zero-order valence-electron chi connectivity index (χ0n) is 14.6. The van der Waals surface area contributed by atoms with Crippen LogP contribution in [0.25, 0.3) is 6.08 Å². The van der Waals surface area contributed by atoms with Crippen molar-refractivity contribution in [2.45, 2.75) is 26.2 Å². The Labute approximate surface area is 152 Å². The van der Waals surface area contributed by atoms with Crippen molar-refractivity contribution < 1.29 is 18.7 Å². The fraction of sp³-hybridized carbons (Fsp3) is 0.238. The molecule has 3 rings (SSSR count). The molecule has 1 heterocycles. The summed E-state index contributed by atoms with van der Waals surface area (Å²) < 4.78 is 23.8. The molecule has 0 aromatic heterocycles. The Morgan fingerprint density at radius 1 is 1.08 bits per heavy atom. The summed E-state index contributed by atoms with van der Waals surface area (Å²) in [6, 6.07) is 13.1. The van der Waals surface area contributed by atoms with Crippen LogP contribution in [0.4, 0.5) is 4.39 Å². The molecule has 0 N–H and O–H groups in total. The highest BCUT2D eigenvalue weighted by molar-refractivity contribution is 6.12. The smallest absolute Gasteiger partial charge is 0.363 e. The van der Waals surface area contributed by atoms with Gasteiger partial charge in [0.05, 0.1) is 6.61 Å². The highest BCUT2D eigenvalue weighted by atomic mass is 19.1. The number of aliphatic imine (C=N–C) groups is 1. The van der Waals surface area contributed by atoms with E-state index in [0.29, 0.717) is 12.2 Å². The molecule has 0 fully saturated rings. The Morgan fingerprint density at radius 3 is 2.50 bits per heavy atom. The van der Waals surface area contributed by atoms with Crippen LogP contribution in [0, 0.1) is 5.82 Å². The van der Waals surface area contributed by atoms with Gasteiger partial charge in [-0.05, 0) is 54.5 Å². The minimum absolute atomic E-state index is 0.178. The van der Waals surface area contributed by atoms with Gasteiger partial charge >= 0.3 is 5.97 Å². The van der Waals surface area contributed by atoms with Crippen molar-refractivity contribution in [2.75, 3.05) is 6.61 Å². The Kier molecular flexibility index (Phi) is 5.79. The highest BCUT2D eigenvalue weighted by Gasteiger charge is 2.24. The van der Waals surface area contributed by atoms with Gasteiger partial charge in [0.15, 0.2) is 5.70 Å². The van der Waals surface area contributed by atoms with Gasteiger partial charge in [0.1, 0.15) is 11.6 Å². The second-order valence-electron chi connectivity index (χ2n) is 5.97. The minimum atomic E-state index is -0.524. The van der Waals surface area contributed by atoms with Crippen LogP contribution in [-0.4, -0.2) is 18.5 Å². The molecule has 0 atom stereocenters. The average molecular weight is 353 g/mol. The quantitative estimate of drug-likeness (QED) is 0.410. The van der Waals surface area contributed by atoms with Crippen LogP contribution >= 0.6 is 0 Å². The number of esters is 1. The number of cyclic esters (lactones) is 1. The maximum absolute atomic E-state index is 13.0. The number of carbonyl (C=O) groups is 1. The van der Waals surface area contributed by atoms with Crippen molar-refractivity contribution in [3.8, 4) is 5.75 Å². The van der Waals surface area contributed by atoms with Crippen LogP contribution in [0.3, 0.4) is 0 Å². The second kappa shape index (κ2) is 8.43. The lowest BCUT2D eigenvalue weighted by molar-refractivity contribution is -0.129. The summed E-state index contributed by atoms with van der Waals surface area (Å²) in [5.74, 6) is 0.0977. The van der Waals surface area contributed by atoms with Crippen LogP contribution in [0.1, 0.15) is 37.3 Å². The molecule has 2 aromatic rings. The van der Waals surface area contributed by atoms with Gasteiger partial charge in [0.25, 0.3) is 0 Å². The number of unbranched alkanes of at least 4 members (excludes halogenated alkanes) is 2. The van der Waals surface area contributed by atoms with Gasteiger partial charge in [-0.1, -0.05) is 31.9 Å². The van der Waals surface area contributed by atoms with Gasteiger partial charge in [0, 0.05) is 5.56 Å². The zero-order chi connectivity index (χ0) is 18.4. The van der Waals surface area contributed by atoms with Crippen molar-refractivity contribution >= 4 is 17.9 Å². The van der Waals surface area contributed by atoms with E-state index in [9.17, 15) is 9.18 Å². The first kappa shape index (κ1) is 17.9. The molecule has 134 valence electrons. The van der Waals surface area contributed by atoms with Crippen molar-refractivity contribution in [3.63, 3.8) is 0 Å². The van der Waals surface area contributed by atoms with Crippen LogP contribution in [0.2, 0.25) is 0 Å². The van der Waals surface area contributed by atoms with E-state index in [4.69, 9.17) is 9.47 Å². The lowest BCUT2D eigenvalue weighted by Gasteiger charge is -2.05. The Hall–Kier alpha value is -2.95. The van der Waals surface area contributed by atoms with E-state index in [1.807, 2.05) is 24.3 Å². The third kappa shape index (κ3) is 4.57. The molecule has 0 saturated heterocycles. The van der Waals surface area contributed by atoms with Crippen LogP contribution in [0.5, 0.6) is 5.75 Å². The summed E-state index contributed by atoms with van der Waals surface area (Å²) in [5, 5.41) is 0. The number of rotatable bonds is 7.